The van der Waals surface area contributed by atoms with E-state index in [4.69, 9.17) is 14.0 Å². The minimum absolute atomic E-state index is 0.281. The summed E-state index contributed by atoms with van der Waals surface area (Å²) < 4.78 is 16.0. The number of esters is 1. The van der Waals surface area contributed by atoms with Gasteiger partial charge >= 0.3 is 5.97 Å². The molecule has 31 heavy (non-hydrogen) atoms. The van der Waals surface area contributed by atoms with Crippen LogP contribution in [0.5, 0.6) is 5.75 Å². The molecule has 3 rings (SSSR count). The zero-order valence-corrected chi connectivity index (χ0v) is 17.9. The van der Waals surface area contributed by atoms with Gasteiger partial charge in [0.25, 0.3) is 5.91 Å². The predicted octanol–water partition coefficient (Wildman–Crippen LogP) is 3.69. The maximum absolute atomic E-state index is 12.3. The molecule has 0 fully saturated rings. The molecule has 1 aromatic heterocycles. The summed E-state index contributed by atoms with van der Waals surface area (Å²) in [7, 11) is 0. The van der Waals surface area contributed by atoms with E-state index in [-0.39, 0.29) is 19.1 Å². The maximum Gasteiger partial charge on any atom is 0.338 e. The van der Waals surface area contributed by atoms with Crippen molar-refractivity contribution < 1.29 is 23.6 Å². The third kappa shape index (κ3) is 6.18. The molecule has 2 aromatic carbocycles. The van der Waals surface area contributed by atoms with Crippen LogP contribution in [-0.4, -0.2) is 30.2 Å². The molecule has 0 aliphatic carbocycles. The van der Waals surface area contributed by atoms with Crippen LogP contribution in [0.2, 0.25) is 0 Å². The van der Waals surface area contributed by atoms with Gasteiger partial charge in [0.1, 0.15) is 18.1 Å². The van der Waals surface area contributed by atoms with Crippen molar-refractivity contribution >= 4 is 11.9 Å². The van der Waals surface area contributed by atoms with E-state index in [0.717, 1.165) is 17.7 Å². The highest BCUT2D eigenvalue weighted by atomic mass is 16.5. The number of carbonyl (C=O) groups is 2. The monoisotopic (exact) mass is 422 g/mol. The number of hydrogen-bond acceptors (Lipinski definition) is 6. The number of aryl methyl sites for hydroxylation is 3. The normalized spacial score (nSPS) is 10.5. The van der Waals surface area contributed by atoms with Crippen LogP contribution in [0, 0.1) is 20.8 Å². The number of nitrogens with zero attached hydrogens (tertiary/aromatic N) is 1. The Labute approximate surface area is 181 Å². The first kappa shape index (κ1) is 22.1. The van der Waals surface area contributed by atoms with Gasteiger partial charge in [-0.05, 0) is 56.5 Å². The summed E-state index contributed by atoms with van der Waals surface area (Å²) in [5.74, 6) is 0.281. The Hall–Kier alpha value is -3.61. The summed E-state index contributed by atoms with van der Waals surface area (Å²) in [6.45, 7) is 6.12. The summed E-state index contributed by atoms with van der Waals surface area (Å²) >= 11 is 0. The molecular formula is C24H26N2O5. The summed E-state index contributed by atoms with van der Waals surface area (Å²) in [4.78, 5) is 24.3. The molecule has 7 heteroatoms. The molecule has 0 radical (unpaired) electrons. The number of hydrogen-bond donors (Lipinski definition) is 1. The minimum atomic E-state index is -0.586. The number of benzene rings is 2. The molecular weight excluding hydrogens is 396 g/mol. The van der Waals surface area contributed by atoms with Crippen molar-refractivity contribution in [2.24, 2.45) is 0 Å². The predicted molar refractivity (Wildman–Crippen MR) is 115 cm³/mol. The van der Waals surface area contributed by atoms with Crippen LogP contribution in [0.3, 0.4) is 0 Å². The van der Waals surface area contributed by atoms with E-state index >= 15 is 0 Å². The van der Waals surface area contributed by atoms with Gasteiger partial charge in [-0.2, -0.15) is 0 Å². The number of ether oxygens (including phenoxy) is 2. The van der Waals surface area contributed by atoms with Gasteiger partial charge in [-0.25, -0.2) is 4.79 Å². The number of amides is 1. The fourth-order valence-electron chi connectivity index (χ4n) is 3.07. The first-order valence-electron chi connectivity index (χ1n) is 10.1. The lowest BCUT2D eigenvalue weighted by Crippen LogP contribution is -2.30. The van der Waals surface area contributed by atoms with Crippen molar-refractivity contribution in [2.45, 2.75) is 33.8 Å². The Morgan fingerprint density at radius 1 is 1.06 bits per heavy atom. The molecule has 0 saturated carbocycles. The summed E-state index contributed by atoms with van der Waals surface area (Å²) in [6, 6.07) is 14.6. The molecule has 162 valence electrons. The molecule has 1 N–H and O–H groups in total. The van der Waals surface area contributed by atoms with E-state index in [2.05, 4.69) is 10.5 Å². The SMILES string of the molecule is Cc1ccccc1CCNC(=O)COC(=O)c1cccc(OCc2c(C)noc2C)c1. The molecule has 3 aromatic rings. The fourth-order valence-corrected chi connectivity index (χ4v) is 3.07. The van der Waals surface area contributed by atoms with Crippen molar-refractivity contribution in [3.05, 3.63) is 82.2 Å². The van der Waals surface area contributed by atoms with Gasteiger partial charge in [0, 0.05) is 6.54 Å². The average molecular weight is 422 g/mol. The van der Waals surface area contributed by atoms with Crippen molar-refractivity contribution in [2.75, 3.05) is 13.2 Å². The first-order valence-corrected chi connectivity index (χ1v) is 10.1. The Bertz CT molecular complexity index is 1040. The third-order valence-corrected chi connectivity index (χ3v) is 4.95. The maximum atomic E-state index is 12.3. The second-order valence-electron chi connectivity index (χ2n) is 7.22. The van der Waals surface area contributed by atoms with Crippen LogP contribution in [0.15, 0.2) is 53.1 Å². The molecule has 0 atom stereocenters. The van der Waals surface area contributed by atoms with E-state index in [9.17, 15) is 9.59 Å². The van der Waals surface area contributed by atoms with E-state index < -0.39 is 5.97 Å². The van der Waals surface area contributed by atoms with Gasteiger partial charge in [-0.15, -0.1) is 0 Å². The second-order valence-corrected chi connectivity index (χ2v) is 7.22. The van der Waals surface area contributed by atoms with Gasteiger partial charge < -0.3 is 19.3 Å². The Morgan fingerprint density at radius 3 is 2.61 bits per heavy atom. The van der Waals surface area contributed by atoms with Crippen molar-refractivity contribution in [3.8, 4) is 5.75 Å². The lowest BCUT2D eigenvalue weighted by atomic mass is 10.1. The summed E-state index contributed by atoms with van der Waals surface area (Å²) in [5, 5.41) is 6.66. The number of nitrogens with one attached hydrogen (secondary N) is 1. The standard InChI is InChI=1S/C24H26N2O5/c1-16-7-4-5-8-19(16)11-12-25-23(27)15-30-24(28)20-9-6-10-21(13-20)29-14-22-17(2)26-31-18(22)3/h4-10,13H,11-12,14-15H2,1-3H3,(H,25,27). The highest BCUT2D eigenvalue weighted by Crippen LogP contribution is 2.19. The molecule has 7 nitrogen and oxygen atoms in total. The van der Waals surface area contributed by atoms with Crippen LogP contribution >= 0.6 is 0 Å². The van der Waals surface area contributed by atoms with Crippen molar-refractivity contribution in [1.29, 1.82) is 0 Å². The minimum Gasteiger partial charge on any atom is -0.489 e. The van der Waals surface area contributed by atoms with E-state index in [0.29, 0.717) is 23.6 Å². The zero-order chi connectivity index (χ0) is 22.2. The highest BCUT2D eigenvalue weighted by molar-refractivity contribution is 5.91. The molecule has 0 spiro atoms. The number of carbonyl (C=O) groups excluding carboxylic acids is 2. The average Bonchev–Trinajstić information content (AvgIpc) is 3.09. The Kier molecular flexibility index (Phi) is 7.43. The largest absolute Gasteiger partial charge is 0.489 e. The highest BCUT2D eigenvalue weighted by Gasteiger charge is 2.13. The van der Waals surface area contributed by atoms with E-state index in [1.54, 1.807) is 24.3 Å². The van der Waals surface area contributed by atoms with Crippen LogP contribution < -0.4 is 10.1 Å². The van der Waals surface area contributed by atoms with Crippen molar-refractivity contribution in [1.82, 2.24) is 10.5 Å². The molecule has 1 heterocycles. The lowest BCUT2D eigenvalue weighted by Gasteiger charge is -2.09. The van der Waals surface area contributed by atoms with Crippen LogP contribution in [0.25, 0.3) is 0 Å². The quantitative estimate of drug-likeness (QED) is 0.529. The molecule has 0 bridgehead atoms. The Morgan fingerprint density at radius 2 is 1.87 bits per heavy atom. The molecule has 0 saturated heterocycles. The molecule has 0 unspecified atom stereocenters. The first-order chi connectivity index (χ1) is 14.9. The lowest BCUT2D eigenvalue weighted by molar-refractivity contribution is -0.124. The van der Waals surface area contributed by atoms with E-state index in [1.807, 2.05) is 45.0 Å². The van der Waals surface area contributed by atoms with E-state index in [1.165, 1.54) is 11.1 Å². The van der Waals surface area contributed by atoms with Gasteiger partial charge in [0.2, 0.25) is 0 Å². The smallest absolute Gasteiger partial charge is 0.338 e. The summed E-state index contributed by atoms with van der Waals surface area (Å²) in [6.07, 6.45) is 0.719. The van der Waals surface area contributed by atoms with Gasteiger partial charge in [0.05, 0.1) is 16.8 Å². The van der Waals surface area contributed by atoms with Crippen molar-refractivity contribution in [3.63, 3.8) is 0 Å². The zero-order valence-electron chi connectivity index (χ0n) is 17.9. The summed E-state index contributed by atoms with van der Waals surface area (Å²) in [5.41, 5.74) is 4.30. The Balaban J connectivity index is 1.45. The van der Waals surface area contributed by atoms with Crippen LogP contribution in [-0.2, 0) is 22.6 Å². The topological polar surface area (TPSA) is 90.7 Å². The van der Waals surface area contributed by atoms with Gasteiger partial charge in [0.15, 0.2) is 6.61 Å². The number of aromatic nitrogens is 1. The number of rotatable bonds is 9. The van der Waals surface area contributed by atoms with Crippen LogP contribution in [0.1, 0.15) is 38.5 Å². The molecule has 0 aliphatic heterocycles. The molecule has 1 amide bonds. The van der Waals surface area contributed by atoms with Gasteiger partial charge in [-0.3, -0.25) is 4.79 Å². The molecule has 0 aliphatic rings. The fraction of sp³-hybridized carbons (Fsp3) is 0.292. The van der Waals surface area contributed by atoms with Gasteiger partial charge in [-0.1, -0.05) is 35.5 Å². The third-order valence-electron chi connectivity index (χ3n) is 4.95. The second kappa shape index (κ2) is 10.4. The van der Waals surface area contributed by atoms with Crippen LogP contribution in [0.4, 0.5) is 0 Å².